The van der Waals surface area contributed by atoms with E-state index in [9.17, 15) is 0 Å². The summed E-state index contributed by atoms with van der Waals surface area (Å²) in [5, 5.41) is 0.933. The molecule has 0 nitrogen and oxygen atoms in total. The molecule has 0 aliphatic rings. The van der Waals surface area contributed by atoms with Crippen LogP contribution in [0.5, 0.6) is 0 Å². The van der Waals surface area contributed by atoms with Crippen LogP contribution in [0.4, 0.5) is 0 Å². The molecule has 0 aromatic heterocycles. The van der Waals surface area contributed by atoms with Crippen LogP contribution in [0.1, 0.15) is 12.8 Å². The predicted octanol–water partition coefficient (Wildman–Crippen LogP) is 1.31. The Morgan fingerprint density at radius 1 is 1.13 bits per heavy atom. The first-order chi connectivity index (χ1) is 7.04. The molecular formula is C9H10B5Br. The zero-order chi connectivity index (χ0) is 11.8. The Balaban J connectivity index is 4.30. The topological polar surface area (TPSA) is 0 Å². The fourth-order valence-corrected chi connectivity index (χ4v) is 1.33. The van der Waals surface area contributed by atoms with E-state index >= 15 is 0 Å². The third kappa shape index (κ3) is 5.80. The smallest absolute Gasteiger partial charge is 0.106 e. The molecule has 0 aliphatic carbocycles. The average molecular weight is 252 g/mol. The van der Waals surface area contributed by atoms with Gasteiger partial charge in [0.05, 0.1) is 15.7 Å². The highest BCUT2D eigenvalue weighted by atomic mass is 79.9. The summed E-state index contributed by atoms with van der Waals surface area (Å²) in [6.45, 7) is 0. The summed E-state index contributed by atoms with van der Waals surface area (Å²) in [5.41, 5.74) is 0.896. The first-order valence-electron chi connectivity index (χ1n) is 4.74. The summed E-state index contributed by atoms with van der Waals surface area (Å²) < 4.78 is 0. The molecule has 68 valence electrons. The number of alkyl halides is 1. The van der Waals surface area contributed by atoms with Gasteiger partial charge >= 0.3 is 0 Å². The lowest BCUT2D eigenvalue weighted by molar-refractivity contribution is 0.943. The molecule has 0 amide bonds. The molecule has 15 heavy (non-hydrogen) atoms. The lowest BCUT2D eigenvalue weighted by atomic mass is 9.53. The number of hydrogen-bond donors (Lipinski definition) is 0. The van der Waals surface area contributed by atoms with E-state index in [2.05, 4.69) is 15.9 Å². The molecule has 0 saturated heterocycles. The molecule has 0 aromatic rings. The summed E-state index contributed by atoms with van der Waals surface area (Å²) in [5.74, 6) is 0.228. The highest BCUT2D eigenvalue weighted by Gasteiger charge is 2.12. The second kappa shape index (κ2) is 8.44. The second-order valence-electron chi connectivity index (χ2n) is 3.25. The van der Waals surface area contributed by atoms with Crippen molar-refractivity contribution in [2.24, 2.45) is 0 Å². The minimum absolute atomic E-state index is 0.347. The van der Waals surface area contributed by atoms with Crippen LogP contribution in [-0.4, -0.2) is 44.6 Å². The largest absolute Gasteiger partial charge is 0.143 e. The molecular weight excluding hydrogens is 242 g/mol. The molecule has 2 atom stereocenters. The van der Waals surface area contributed by atoms with Crippen molar-refractivity contribution in [1.82, 2.24) is 0 Å². The predicted molar refractivity (Wildman–Crippen MR) is 75.5 cm³/mol. The highest BCUT2D eigenvalue weighted by molar-refractivity contribution is 9.09. The highest BCUT2D eigenvalue weighted by Crippen LogP contribution is 2.29. The number of halogens is 1. The molecule has 0 heterocycles. The normalized spacial score (nSPS) is 17.4. The summed E-state index contributed by atoms with van der Waals surface area (Å²) in [4.78, 5) is 0. The van der Waals surface area contributed by atoms with Crippen LogP contribution in [0.25, 0.3) is 0 Å². The Labute approximate surface area is 108 Å². The first kappa shape index (κ1) is 15.3. The standard InChI is InChI=1S/C9H10B5Br/c10-5-7(12)9(14)8(13)6(11)3-1-2-4-15/h3,5,8-9H,1-2,4H2/b6-3-,7-5-. The maximum atomic E-state index is 5.81. The molecule has 0 aliphatic heterocycles. The first-order valence-corrected chi connectivity index (χ1v) is 5.86. The van der Waals surface area contributed by atoms with Gasteiger partial charge < -0.3 is 0 Å². The van der Waals surface area contributed by atoms with Crippen molar-refractivity contribution >= 4 is 55.2 Å². The van der Waals surface area contributed by atoms with E-state index in [1.807, 2.05) is 6.08 Å². The van der Waals surface area contributed by atoms with Gasteiger partial charge in [0.25, 0.3) is 0 Å². The summed E-state index contributed by atoms with van der Waals surface area (Å²) in [7, 11) is 28.1. The van der Waals surface area contributed by atoms with E-state index in [0.717, 1.165) is 18.2 Å². The molecule has 0 saturated carbocycles. The maximum Gasteiger partial charge on any atom is 0.106 e. The zero-order valence-electron chi connectivity index (χ0n) is 8.70. The molecule has 0 fully saturated rings. The van der Waals surface area contributed by atoms with E-state index in [-0.39, 0.29) is 0 Å². The fourth-order valence-electron chi connectivity index (χ4n) is 1.01. The molecule has 0 spiro atoms. The minimum Gasteiger partial charge on any atom is -0.143 e. The van der Waals surface area contributed by atoms with Crippen LogP contribution in [0, 0.1) is 0 Å². The van der Waals surface area contributed by atoms with Crippen LogP contribution in [0.15, 0.2) is 23.0 Å². The Bertz CT molecular complexity index is 239. The van der Waals surface area contributed by atoms with Crippen molar-refractivity contribution < 1.29 is 0 Å². The summed E-state index contributed by atoms with van der Waals surface area (Å²) in [6, 6.07) is 0. The van der Waals surface area contributed by atoms with Gasteiger partial charge in [0.1, 0.15) is 23.5 Å². The average Bonchev–Trinajstić information content (AvgIpc) is 2.26. The monoisotopic (exact) mass is 252 g/mol. The molecule has 0 aromatic carbocycles. The van der Waals surface area contributed by atoms with Gasteiger partial charge in [0.2, 0.25) is 0 Å². The third-order valence-electron chi connectivity index (χ3n) is 2.07. The summed E-state index contributed by atoms with van der Waals surface area (Å²) >= 11 is 3.33. The van der Waals surface area contributed by atoms with E-state index < -0.39 is 11.6 Å². The summed E-state index contributed by atoms with van der Waals surface area (Å²) in [6.07, 6.45) is 3.74. The Morgan fingerprint density at radius 3 is 2.13 bits per heavy atom. The number of allylic oxidation sites excluding steroid dienone is 3. The van der Waals surface area contributed by atoms with Crippen LogP contribution in [0.2, 0.25) is 11.6 Å². The Kier molecular flexibility index (Phi) is 8.60. The lowest BCUT2D eigenvalue weighted by Crippen LogP contribution is -2.10. The van der Waals surface area contributed by atoms with Gasteiger partial charge in [-0.15, -0.1) is 16.9 Å². The quantitative estimate of drug-likeness (QED) is 0.380. The van der Waals surface area contributed by atoms with Crippen molar-refractivity contribution in [2.75, 3.05) is 5.33 Å². The van der Waals surface area contributed by atoms with Gasteiger partial charge in [-0.3, -0.25) is 0 Å². The van der Waals surface area contributed by atoms with E-state index in [0.29, 0.717) is 10.9 Å². The van der Waals surface area contributed by atoms with Crippen molar-refractivity contribution in [2.45, 2.75) is 24.5 Å². The van der Waals surface area contributed by atoms with Gasteiger partial charge in [-0.2, -0.15) is 0 Å². The van der Waals surface area contributed by atoms with Gasteiger partial charge in [-0.1, -0.05) is 33.6 Å². The van der Waals surface area contributed by atoms with Crippen LogP contribution >= 0.6 is 15.9 Å². The minimum atomic E-state index is -0.532. The number of unbranched alkanes of at least 4 members (excludes halogenated alkanes) is 1. The van der Waals surface area contributed by atoms with Gasteiger partial charge in [0.15, 0.2) is 0 Å². The lowest BCUT2D eigenvalue weighted by Gasteiger charge is -2.23. The molecule has 2 unspecified atom stereocenters. The third-order valence-corrected chi connectivity index (χ3v) is 2.63. The van der Waals surface area contributed by atoms with E-state index in [4.69, 9.17) is 39.2 Å². The van der Waals surface area contributed by atoms with Crippen molar-refractivity contribution in [1.29, 1.82) is 0 Å². The van der Waals surface area contributed by atoms with E-state index in [1.165, 1.54) is 5.98 Å². The molecule has 0 N–H and O–H groups in total. The number of hydrogen-bond acceptors (Lipinski definition) is 0. The molecule has 6 heteroatoms. The second-order valence-corrected chi connectivity index (χ2v) is 4.05. The SMILES string of the molecule is [B]/C=C(\[B])C([B])C([B])/C([B])=C/CCCBr. The molecule has 0 rings (SSSR count). The fraction of sp³-hybridized carbons (Fsp3) is 0.556. The van der Waals surface area contributed by atoms with Crippen molar-refractivity contribution in [3.05, 3.63) is 23.0 Å². The van der Waals surface area contributed by atoms with Gasteiger partial charge in [-0.05, 0) is 12.8 Å². The van der Waals surface area contributed by atoms with Crippen LogP contribution in [0.3, 0.4) is 0 Å². The Hall–Kier alpha value is 0.285. The molecule has 10 radical (unpaired) electrons. The van der Waals surface area contributed by atoms with Crippen LogP contribution in [-0.2, 0) is 0 Å². The van der Waals surface area contributed by atoms with Gasteiger partial charge in [-0.25, -0.2) is 0 Å². The van der Waals surface area contributed by atoms with Crippen molar-refractivity contribution in [3.63, 3.8) is 0 Å². The van der Waals surface area contributed by atoms with Crippen molar-refractivity contribution in [3.8, 4) is 0 Å². The van der Waals surface area contributed by atoms with E-state index in [1.54, 1.807) is 0 Å². The number of rotatable bonds is 6. The maximum absolute atomic E-state index is 5.81. The zero-order valence-corrected chi connectivity index (χ0v) is 10.3. The van der Waals surface area contributed by atoms with Crippen LogP contribution < -0.4 is 0 Å². The van der Waals surface area contributed by atoms with Gasteiger partial charge in [0, 0.05) is 5.33 Å². The molecule has 0 bridgehead atoms. The Morgan fingerprint density at radius 2 is 1.67 bits per heavy atom.